The first-order valence-electron chi connectivity index (χ1n) is 21.2. The normalized spacial score (nSPS) is 48.0. The molecule has 25 atom stereocenters. The lowest BCUT2D eigenvalue weighted by atomic mass is 9.95. The van der Waals surface area contributed by atoms with Crippen molar-refractivity contribution < 1.29 is 129 Å². The molecule has 0 aliphatic carbocycles. The first kappa shape index (κ1) is 53.9. The Labute approximate surface area is 366 Å². The largest absolute Gasteiger partial charge is 0.394 e. The number of aliphatic hydroxyl groups is 15. The summed E-state index contributed by atoms with van der Waals surface area (Å²) in [6.45, 7) is -3.08. The van der Waals surface area contributed by atoms with Gasteiger partial charge in [0, 0.05) is 13.7 Å². The third-order valence-corrected chi connectivity index (χ3v) is 11.8. The molecule has 0 amide bonds. The number of unbranched alkanes of at least 4 members (excludes halogenated alkanes) is 3. The highest BCUT2D eigenvalue weighted by molar-refractivity contribution is 4.99. The molecule has 0 radical (unpaired) electrons. The zero-order chi connectivity index (χ0) is 47.0. The van der Waals surface area contributed by atoms with Gasteiger partial charge in [0.2, 0.25) is 0 Å². The van der Waals surface area contributed by atoms with Crippen LogP contribution in [-0.4, -0.2) is 283 Å². The van der Waals surface area contributed by atoms with Crippen molar-refractivity contribution in [3.63, 3.8) is 0 Å². The van der Waals surface area contributed by atoms with E-state index < -0.39 is 180 Å². The van der Waals surface area contributed by atoms with E-state index in [2.05, 4.69) is 0 Å². The van der Waals surface area contributed by atoms with Gasteiger partial charge in [-0.2, -0.15) is 0 Å². The number of methoxy groups -OCH3 is 1. The molecule has 5 saturated heterocycles. The topological polar surface area (TPSA) is 431 Å². The predicted molar refractivity (Wildman–Crippen MR) is 203 cm³/mol. The standard InChI is InChI=1S/C37H67NO26/c1-54-12-17-18(43)19(44)24(49)34(60-17)61-30-14(9-40)57-36(26(51)21(30)46)63-32-16(11-42)59-37(28(53)23(32)48)64-31-15(10-41)58-35(27(52)22(31)47)62-29-13(8-39)56-33(25(50)20(29)45)55-7-5-3-2-4-6-38/h13-37,39-53H,2-12,38H2,1H3/t13?,14?,15?,16?,17?,18-,19-,20?,21?,22+,23+,24?,25-,26-,27?,28?,29+,30+,31-,32+,33+,34+,35+,36-,37+/m0/s1. The van der Waals surface area contributed by atoms with Crippen LogP contribution in [0.3, 0.4) is 0 Å². The molecule has 5 aliphatic heterocycles. The molecule has 5 aliphatic rings. The Morgan fingerprint density at radius 2 is 0.688 bits per heavy atom. The maximum Gasteiger partial charge on any atom is 0.187 e. The number of nitrogens with two attached hydrogens (primary N) is 1. The molecule has 0 bridgehead atoms. The molecule has 5 rings (SSSR count). The average Bonchev–Trinajstić information content (AvgIpc) is 3.29. The van der Waals surface area contributed by atoms with E-state index in [4.69, 9.17) is 57.8 Å². The summed E-state index contributed by atoms with van der Waals surface area (Å²) in [5.74, 6) is 0. The van der Waals surface area contributed by atoms with Crippen LogP contribution in [-0.2, 0) is 52.1 Å². The minimum atomic E-state index is -2.10. The van der Waals surface area contributed by atoms with Crippen LogP contribution in [0.4, 0.5) is 0 Å². The first-order chi connectivity index (χ1) is 30.6. The first-order valence-corrected chi connectivity index (χ1v) is 21.2. The summed E-state index contributed by atoms with van der Waals surface area (Å²) in [6, 6.07) is 0. The van der Waals surface area contributed by atoms with Gasteiger partial charge in [-0.3, -0.25) is 0 Å². The van der Waals surface area contributed by atoms with E-state index in [0.29, 0.717) is 13.0 Å². The van der Waals surface area contributed by atoms with Gasteiger partial charge in [-0.25, -0.2) is 0 Å². The summed E-state index contributed by atoms with van der Waals surface area (Å²) < 4.78 is 61.3. The van der Waals surface area contributed by atoms with Gasteiger partial charge < -0.3 is 134 Å². The van der Waals surface area contributed by atoms with E-state index in [9.17, 15) is 76.6 Å². The van der Waals surface area contributed by atoms with Crippen molar-refractivity contribution in [2.45, 2.75) is 179 Å². The quantitative estimate of drug-likeness (QED) is 0.0475. The molecule has 0 aromatic carbocycles. The number of rotatable bonds is 21. The summed E-state index contributed by atoms with van der Waals surface area (Å²) in [7, 11) is 1.28. The van der Waals surface area contributed by atoms with Gasteiger partial charge in [-0.15, -0.1) is 0 Å². The highest BCUT2D eigenvalue weighted by Gasteiger charge is 2.56. The molecule has 10 unspecified atom stereocenters. The second-order valence-electron chi connectivity index (χ2n) is 16.3. The third-order valence-electron chi connectivity index (χ3n) is 11.8. The Morgan fingerprint density at radius 3 is 1.03 bits per heavy atom. The Bertz CT molecular complexity index is 1340. The van der Waals surface area contributed by atoms with Crippen molar-refractivity contribution >= 4 is 0 Å². The van der Waals surface area contributed by atoms with Gasteiger partial charge in [0.1, 0.15) is 122 Å². The zero-order valence-electron chi connectivity index (χ0n) is 35.0. The lowest BCUT2D eigenvalue weighted by molar-refractivity contribution is -0.393. The Kier molecular flexibility index (Phi) is 21.0. The van der Waals surface area contributed by atoms with Crippen LogP contribution in [0.1, 0.15) is 25.7 Å². The Morgan fingerprint density at radius 1 is 0.375 bits per heavy atom. The Balaban J connectivity index is 1.19. The lowest BCUT2D eigenvalue weighted by Crippen LogP contribution is -2.68. The fourth-order valence-corrected chi connectivity index (χ4v) is 8.11. The molecule has 0 spiro atoms. The summed E-state index contributed by atoms with van der Waals surface area (Å²) >= 11 is 0. The summed E-state index contributed by atoms with van der Waals surface area (Å²) in [6.07, 6.45) is -40.7. The van der Waals surface area contributed by atoms with Crippen molar-refractivity contribution in [3.8, 4) is 0 Å². The highest BCUT2D eigenvalue weighted by atomic mass is 16.8. The van der Waals surface area contributed by atoms with Crippen molar-refractivity contribution in [1.29, 1.82) is 0 Å². The molecule has 0 aromatic heterocycles. The predicted octanol–water partition coefficient (Wildman–Crippen LogP) is -9.73. The van der Waals surface area contributed by atoms with Crippen LogP contribution in [0.25, 0.3) is 0 Å². The third kappa shape index (κ3) is 12.2. The number of hydrogen-bond donors (Lipinski definition) is 16. The molecular formula is C37H67NO26. The summed E-state index contributed by atoms with van der Waals surface area (Å²) in [4.78, 5) is 0. The van der Waals surface area contributed by atoms with Crippen LogP contribution >= 0.6 is 0 Å². The monoisotopic (exact) mass is 941 g/mol. The van der Waals surface area contributed by atoms with E-state index in [1.54, 1.807) is 0 Å². The smallest absolute Gasteiger partial charge is 0.187 e. The van der Waals surface area contributed by atoms with Crippen LogP contribution < -0.4 is 5.73 Å². The molecule has 376 valence electrons. The van der Waals surface area contributed by atoms with Gasteiger partial charge in [0.25, 0.3) is 0 Å². The minimum Gasteiger partial charge on any atom is -0.394 e. The second kappa shape index (κ2) is 25.0. The minimum absolute atomic E-state index is 0.161. The molecule has 5 heterocycles. The molecule has 0 aromatic rings. The van der Waals surface area contributed by atoms with Crippen molar-refractivity contribution in [2.24, 2.45) is 5.73 Å². The zero-order valence-corrected chi connectivity index (χ0v) is 35.0. The van der Waals surface area contributed by atoms with Gasteiger partial charge >= 0.3 is 0 Å². The van der Waals surface area contributed by atoms with E-state index in [0.717, 1.165) is 19.3 Å². The fraction of sp³-hybridized carbons (Fsp3) is 1.00. The molecule has 0 saturated carbocycles. The maximum atomic E-state index is 11.2. The van der Waals surface area contributed by atoms with Gasteiger partial charge in [0.15, 0.2) is 31.5 Å². The van der Waals surface area contributed by atoms with Gasteiger partial charge in [-0.1, -0.05) is 12.8 Å². The summed E-state index contributed by atoms with van der Waals surface area (Å²) in [5.41, 5.74) is 5.50. The van der Waals surface area contributed by atoms with E-state index in [-0.39, 0.29) is 13.2 Å². The number of aliphatic hydroxyl groups excluding tert-OH is 15. The van der Waals surface area contributed by atoms with Crippen molar-refractivity contribution in [2.75, 3.05) is 53.3 Å². The van der Waals surface area contributed by atoms with Crippen LogP contribution in [0.5, 0.6) is 0 Å². The molecular weight excluding hydrogens is 874 g/mol. The number of hydrogen-bond acceptors (Lipinski definition) is 27. The van der Waals surface area contributed by atoms with Crippen molar-refractivity contribution in [3.05, 3.63) is 0 Å². The van der Waals surface area contributed by atoms with Crippen LogP contribution in [0.15, 0.2) is 0 Å². The van der Waals surface area contributed by atoms with E-state index in [1.165, 1.54) is 7.11 Å². The SMILES string of the molecule is COCC1O[C@H](O[C@@H]2C(CO)O[C@@H](O[C@@H]3C(CO)O[C@H](O[C@H]4C(CO)O[C@H](O[C@@H]5C(CO)O[C@@H](OCCCCCCN)[C@@H](O)C5O)C(O)[C@H]4O)C(O)[C@H]3O)[C@@H](O)C2O)C(O)[C@@H](O)[C@H]1O. The van der Waals surface area contributed by atoms with E-state index in [1.807, 2.05) is 0 Å². The van der Waals surface area contributed by atoms with Gasteiger partial charge in [-0.05, 0) is 19.4 Å². The molecule has 17 N–H and O–H groups in total. The molecule has 5 fully saturated rings. The molecule has 27 heteroatoms. The Hall–Kier alpha value is -1.08. The fourth-order valence-electron chi connectivity index (χ4n) is 8.11. The highest BCUT2D eigenvalue weighted by Crippen LogP contribution is 2.36. The second-order valence-corrected chi connectivity index (χ2v) is 16.3. The van der Waals surface area contributed by atoms with Crippen LogP contribution in [0, 0.1) is 0 Å². The number of ether oxygens (including phenoxy) is 11. The van der Waals surface area contributed by atoms with Crippen LogP contribution in [0.2, 0.25) is 0 Å². The van der Waals surface area contributed by atoms with Crippen molar-refractivity contribution in [1.82, 2.24) is 0 Å². The molecule has 64 heavy (non-hydrogen) atoms. The van der Waals surface area contributed by atoms with E-state index >= 15 is 0 Å². The molecule has 27 nitrogen and oxygen atoms in total. The average molecular weight is 942 g/mol. The lowest BCUT2D eigenvalue weighted by Gasteiger charge is -2.49. The summed E-state index contributed by atoms with van der Waals surface area (Å²) in [5, 5.41) is 160. The van der Waals surface area contributed by atoms with Gasteiger partial charge in [0.05, 0.1) is 33.0 Å². The maximum absolute atomic E-state index is 11.2.